The molecular weight excluding hydrogens is 300 g/mol. The third kappa shape index (κ3) is 2.16. The molecule has 0 bridgehead atoms. The van der Waals surface area contributed by atoms with Crippen molar-refractivity contribution < 1.29 is 14.3 Å². The third-order valence-electron chi connectivity index (χ3n) is 7.57. The summed E-state index contributed by atoms with van der Waals surface area (Å²) in [5.41, 5.74) is 3.06. The molecule has 0 heterocycles. The molecule has 3 heteroatoms. The minimum atomic E-state index is -0.172. The van der Waals surface area contributed by atoms with Gasteiger partial charge in [0, 0.05) is 25.2 Å². The van der Waals surface area contributed by atoms with Crippen molar-refractivity contribution in [1.29, 1.82) is 0 Å². The van der Waals surface area contributed by atoms with Gasteiger partial charge in [0.15, 0.2) is 0 Å². The molecule has 3 nitrogen and oxygen atoms in total. The van der Waals surface area contributed by atoms with E-state index in [1.165, 1.54) is 18.1 Å². The lowest BCUT2D eigenvalue weighted by Gasteiger charge is -2.53. The zero-order valence-electron chi connectivity index (χ0n) is 15.1. The summed E-state index contributed by atoms with van der Waals surface area (Å²) in [6.07, 6.45) is 11.5. The monoisotopic (exact) mass is 328 g/mol. The van der Waals surface area contributed by atoms with E-state index in [4.69, 9.17) is 4.74 Å². The highest BCUT2D eigenvalue weighted by Crippen LogP contribution is 2.62. The van der Waals surface area contributed by atoms with E-state index in [1.807, 2.05) is 0 Å². The summed E-state index contributed by atoms with van der Waals surface area (Å²) in [6.45, 7) is 6.10. The average molecular weight is 328 g/mol. The lowest BCUT2D eigenvalue weighted by molar-refractivity contribution is -0.148. The van der Waals surface area contributed by atoms with Crippen LogP contribution in [0.3, 0.4) is 0 Å². The number of ketones is 1. The van der Waals surface area contributed by atoms with E-state index in [0.29, 0.717) is 17.6 Å². The molecule has 0 saturated heterocycles. The van der Waals surface area contributed by atoms with Crippen molar-refractivity contribution in [3.63, 3.8) is 0 Å². The van der Waals surface area contributed by atoms with Gasteiger partial charge in [-0.2, -0.15) is 0 Å². The first-order chi connectivity index (χ1) is 11.3. The van der Waals surface area contributed by atoms with Gasteiger partial charge < -0.3 is 4.74 Å². The zero-order valence-corrected chi connectivity index (χ0v) is 15.1. The highest BCUT2D eigenvalue weighted by atomic mass is 16.5. The van der Waals surface area contributed by atoms with Gasteiger partial charge in [-0.15, -0.1) is 0 Å². The Morgan fingerprint density at radius 3 is 2.54 bits per heavy atom. The van der Waals surface area contributed by atoms with Crippen LogP contribution in [0.4, 0.5) is 0 Å². The summed E-state index contributed by atoms with van der Waals surface area (Å²) in [4.78, 5) is 23.7. The van der Waals surface area contributed by atoms with Gasteiger partial charge in [-0.1, -0.05) is 37.1 Å². The maximum atomic E-state index is 12.4. The first-order valence-corrected chi connectivity index (χ1v) is 9.46. The predicted octanol–water partition coefficient (Wildman–Crippen LogP) is 4.37. The zero-order chi connectivity index (χ0) is 17.1. The lowest BCUT2D eigenvalue weighted by Crippen LogP contribution is -2.46. The molecular formula is C21H28O3. The van der Waals surface area contributed by atoms with Crippen LogP contribution in [0.25, 0.3) is 0 Å². The fraction of sp³-hybridized carbons (Fsp3) is 0.714. The Morgan fingerprint density at radius 2 is 1.79 bits per heavy atom. The van der Waals surface area contributed by atoms with Gasteiger partial charge in [-0.05, 0) is 49.4 Å². The van der Waals surface area contributed by atoms with Crippen LogP contribution in [0.5, 0.6) is 0 Å². The van der Waals surface area contributed by atoms with Crippen LogP contribution < -0.4 is 0 Å². The van der Waals surface area contributed by atoms with Gasteiger partial charge in [0.05, 0.1) is 0 Å². The van der Waals surface area contributed by atoms with Gasteiger partial charge in [0.2, 0.25) is 0 Å². The smallest absolute Gasteiger partial charge is 0.302 e. The van der Waals surface area contributed by atoms with Crippen LogP contribution in [-0.4, -0.2) is 17.9 Å². The molecule has 3 saturated carbocycles. The Labute approximate surface area is 144 Å². The Balaban J connectivity index is 1.65. The minimum absolute atomic E-state index is 0.0405. The highest BCUT2D eigenvalue weighted by molar-refractivity contribution is 5.88. The van der Waals surface area contributed by atoms with E-state index < -0.39 is 0 Å². The molecule has 5 atom stereocenters. The van der Waals surface area contributed by atoms with Crippen molar-refractivity contribution in [2.45, 2.75) is 71.8 Å². The van der Waals surface area contributed by atoms with Gasteiger partial charge in [-0.3, -0.25) is 9.59 Å². The maximum Gasteiger partial charge on any atom is 0.302 e. The van der Waals surface area contributed by atoms with Crippen LogP contribution in [0, 0.1) is 22.7 Å². The number of carbonyl (C=O) groups is 2. The number of allylic oxidation sites excluding steroid dienone is 3. The number of ether oxygens (including phenoxy) is 1. The molecule has 4 aliphatic rings. The number of esters is 1. The lowest BCUT2D eigenvalue weighted by atomic mass is 9.51. The predicted molar refractivity (Wildman–Crippen MR) is 92.2 cm³/mol. The molecule has 0 N–H and O–H groups in total. The molecule has 130 valence electrons. The number of hydrogen-bond donors (Lipinski definition) is 0. The van der Waals surface area contributed by atoms with Crippen molar-refractivity contribution >= 4 is 11.8 Å². The summed E-state index contributed by atoms with van der Waals surface area (Å²) >= 11 is 0. The number of carbonyl (C=O) groups excluding carboxylic acids is 2. The Hall–Kier alpha value is -1.38. The van der Waals surface area contributed by atoms with Crippen molar-refractivity contribution in [2.24, 2.45) is 22.7 Å². The van der Waals surface area contributed by atoms with Crippen LogP contribution in [-0.2, 0) is 14.3 Å². The van der Waals surface area contributed by atoms with Crippen molar-refractivity contribution in [2.75, 3.05) is 0 Å². The summed E-state index contributed by atoms with van der Waals surface area (Å²) < 4.78 is 5.48. The largest absolute Gasteiger partial charge is 0.462 e. The fourth-order valence-corrected chi connectivity index (χ4v) is 6.08. The molecule has 0 amide bonds. The average Bonchev–Trinajstić information content (AvgIpc) is 2.83. The molecule has 0 unspecified atom stereocenters. The van der Waals surface area contributed by atoms with E-state index in [1.54, 1.807) is 0 Å². The summed E-state index contributed by atoms with van der Waals surface area (Å²) in [7, 11) is 0. The first kappa shape index (κ1) is 16.1. The van der Waals surface area contributed by atoms with E-state index in [2.05, 4.69) is 26.0 Å². The van der Waals surface area contributed by atoms with E-state index in [9.17, 15) is 9.59 Å². The normalized spacial score (nSPS) is 44.0. The number of Topliss-reactive ketones (excluding diaryl/α,β-unsaturated/α-hetero) is 1. The van der Waals surface area contributed by atoms with Crippen LogP contribution in [0.15, 0.2) is 23.3 Å². The highest BCUT2D eigenvalue weighted by Gasteiger charge is 2.56. The SMILES string of the molecule is CC(=O)O[C@@H]1CC[C@]2(C)C(=CC=C3[C@@H]4CCC(=O)[C@@]4(C)CC[C@@H]32)C1. The second-order valence-electron chi connectivity index (χ2n) is 8.77. The molecule has 24 heavy (non-hydrogen) atoms. The second-order valence-corrected chi connectivity index (χ2v) is 8.77. The Kier molecular flexibility index (Phi) is 3.56. The van der Waals surface area contributed by atoms with Gasteiger partial charge in [0.1, 0.15) is 11.9 Å². The molecule has 0 aromatic carbocycles. The molecule has 4 rings (SSSR count). The summed E-state index contributed by atoms with van der Waals surface area (Å²) in [6, 6.07) is 0. The fourth-order valence-electron chi connectivity index (χ4n) is 6.08. The van der Waals surface area contributed by atoms with Gasteiger partial charge >= 0.3 is 5.97 Å². The number of rotatable bonds is 1. The van der Waals surface area contributed by atoms with Crippen molar-refractivity contribution in [1.82, 2.24) is 0 Å². The van der Waals surface area contributed by atoms with Crippen LogP contribution in [0.2, 0.25) is 0 Å². The maximum absolute atomic E-state index is 12.4. The molecule has 3 fully saturated rings. The van der Waals surface area contributed by atoms with E-state index in [0.717, 1.165) is 44.9 Å². The molecule has 0 aliphatic heterocycles. The standard InChI is InChI=1S/C21H28O3/c1-13(22)24-15-8-10-20(2)14(12-15)4-5-16-17-6-7-19(23)21(17,3)11-9-18(16)20/h4-5,15,17-18H,6-12H2,1-3H3/t15-,17+,18+,20-,21+/m1/s1. The minimum Gasteiger partial charge on any atom is -0.462 e. The van der Waals surface area contributed by atoms with E-state index in [-0.39, 0.29) is 22.9 Å². The molecule has 0 aromatic heterocycles. The number of fused-ring (bicyclic) bond motifs is 5. The van der Waals surface area contributed by atoms with Crippen molar-refractivity contribution in [3.8, 4) is 0 Å². The Morgan fingerprint density at radius 1 is 1.08 bits per heavy atom. The quantitative estimate of drug-likeness (QED) is 0.671. The first-order valence-electron chi connectivity index (χ1n) is 9.46. The molecule has 4 aliphatic carbocycles. The summed E-state index contributed by atoms with van der Waals surface area (Å²) in [5, 5.41) is 0. The van der Waals surface area contributed by atoms with Crippen LogP contribution >= 0.6 is 0 Å². The van der Waals surface area contributed by atoms with E-state index >= 15 is 0 Å². The summed E-state index contributed by atoms with van der Waals surface area (Å²) in [5.74, 6) is 1.32. The van der Waals surface area contributed by atoms with Gasteiger partial charge in [-0.25, -0.2) is 0 Å². The topological polar surface area (TPSA) is 43.4 Å². The second kappa shape index (κ2) is 5.31. The third-order valence-corrected chi connectivity index (χ3v) is 7.57. The Bertz CT molecular complexity index is 658. The molecule has 0 spiro atoms. The van der Waals surface area contributed by atoms with Crippen LogP contribution in [0.1, 0.15) is 65.7 Å². The van der Waals surface area contributed by atoms with Crippen molar-refractivity contribution in [3.05, 3.63) is 23.3 Å². The van der Waals surface area contributed by atoms with Gasteiger partial charge in [0.25, 0.3) is 0 Å². The molecule has 0 radical (unpaired) electrons. The number of hydrogen-bond acceptors (Lipinski definition) is 3. The molecule has 0 aromatic rings.